The molecule has 1 aliphatic carbocycles. The summed E-state index contributed by atoms with van der Waals surface area (Å²) < 4.78 is 28.5. The molecular formula is C11H12O3S. The van der Waals surface area contributed by atoms with Crippen LogP contribution in [0.5, 0.6) is 0 Å². The smallest absolute Gasteiger partial charge is 0.259 e. The molecule has 1 aromatic rings. The summed E-state index contributed by atoms with van der Waals surface area (Å²) in [5, 5.41) is 0. The van der Waals surface area contributed by atoms with Gasteiger partial charge in [0.05, 0.1) is 11.0 Å². The highest BCUT2D eigenvalue weighted by molar-refractivity contribution is 7.86. The molecule has 0 N–H and O–H groups in total. The molecule has 2 rings (SSSR count). The predicted molar refractivity (Wildman–Crippen MR) is 56.9 cm³/mol. The van der Waals surface area contributed by atoms with Crippen molar-refractivity contribution < 1.29 is 12.6 Å². The molecule has 1 aliphatic rings. The van der Waals surface area contributed by atoms with Gasteiger partial charge in [0.1, 0.15) is 0 Å². The zero-order valence-corrected chi connectivity index (χ0v) is 9.20. The lowest BCUT2D eigenvalue weighted by Crippen LogP contribution is -2.14. The van der Waals surface area contributed by atoms with Gasteiger partial charge in [0.25, 0.3) is 10.1 Å². The Bertz CT molecular complexity index is 474. The number of benzene rings is 1. The van der Waals surface area contributed by atoms with E-state index < -0.39 is 10.1 Å². The third kappa shape index (κ3) is 2.46. The van der Waals surface area contributed by atoms with E-state index in [1.54, 1.807) is 25.1 Å². The van der Waals surface area contributed by atoms with Crippen LogP contribution < -0.4 is 0 Å². The Kier molecular flexibility index (Phi) is 2.63. The zero-order valence-electron chi connectivity index (χ0n) is 8.38. The van der Waals surface area contributed by atoms with Gasteiger partial charge in [0.2, 0.25) is 0 Å². The molecule has 80 valence electrons. The van der Waals surface area contributed by atoms with Crippen molar-refractivity contribution in [2.75, 3.05) is 0 Å². The van der Waals surface area contributed by atoms with E-state index in [1.165, 1.54) is 12.1 Å². The molecule has 4 heteroatoms. The van der Waals surface area contributed by atoms with Crippen molar-refractivity contribution in [1.29, 1.82) is 0 Å². The second-order valence-corrected chi connectivity index (χ2v) is 5.06. The highest BCUT2D eigenvalue weighted by Crippen LogP contribution is 2.27. The minimum atomic E-state index is -3.61. The van der Waals surface area contributed by atoms with Gasteiger partial charge in [-0.25, -0.2) is 0 Å². The van der Waals surface area contributed by atoms with E-state index in [4.69, 9.17) is 4.18 Å². The standard InChI is InChI=1S/C11H12O3S/c1-9(10-7-8-10)14-15(12,13)11-5-3-2-4-6-11/h2-7,9H,8H2,1H3. The van der Waals surface area contributed by atoms with Crippen molar-refractivity contribution in [1.82, 2.24) is 0 Å². The molecule has 1 aromatic carbocycles. The minimum absolute atomic E-state index is 0.207. The SMILES string of the molecule is CC(OS(=O)(=O)c1ccccc1)C1=CC1. The van der Waals surface area contributed by atoms with Gasteiger partial charge >= 0.3 is 0 Å². The van der Waals surface area contributed by atoms with Crippen molar-refractivity contribution in [2.45, 2.75) is 24.3 Å². The van der Waals surface area contributed by atoms with Crippen LogP contribution in [0.4, 0.5) is 0 Å². The van der Waals surface area contributed by atoms with Gasteiger partial charge in [-0.2, -0.15) is 8.42 Å². The van der Waals surface area contributed by atoms with Crippen molar-refractivity contribution in [3.8, 4) is 0 Å². The molecule has 0 aromatic heterocycles. The summed E-state index contributed by atoms with van der Waals surface area (Å²) in [5.41, 5.74) is 1.05. The third-order valence-electron chi connectivity index (χ3n) is 2.26. The number of rotatable bonds is 4. The lowest BCUT2D eigenvalue weighted by molar-refractivity contribution is 0.267. The summed E-state index contributed by atoms with van der Waals surface area (Å²) in [6.07, 6.45) is 2.49. The first-order valence-corrected chi connectivity index (χ1v) is 6.18. The molecule has 0 bridgehead atoms. The Hall–Kier alpha value is -1.13. The Labute approximate surface area is 89.5 Å². The molecule has 0 saturated heterocycles. The van der Waals surface area contributed by atoms with Crippen molar-refractivity contribution in [2.24, 2.45) is 0 Å². The molecule has 0 amide bonds. The summed E-state index contributed by atoms with van der Waals surface area (Å²) in [4.78, 5) is 0.207. The minimum Gasteiger partial charge on any atom is -0.259 e. The molecule has 0 spiro atoms. The van der Waals surface area contributed by atoms with E-state index in [0.717, 1.165) is 12.0 Å². The molecule has 0 radical (unpaired) electrons. The molecule has 1 atom stereocenters. The number of allylic oxidation sites excluding steroid dienone is 1. The van der Waals surface area contributed by atoms with E-state index in [1.807, 2.05) is 6.08 Å². The molecule has 1 unspecified atom stereocenters. The summed E-state index contributed by atoms with van der Waals surface area (Å²) in [6.45, 7) is 1.75. The largest absolute Gasteiger partial charge is 0.297 e. The normalized spacial score (nSPS) is 17.0. The Morgan fingerprint density at radius 2 is 1.87 bits per heavy atom. The molecule has 15 heavy (non-hydrogen) atoms. The molecule has 0 saturated carbocycles. The van der Waals surface area contributed by atoms with Crippen LogP contribution in [0.25, 0.3) is 0 Å². The van der Waals surface area contributed by atoms with Crippen LogP contribution in [0.3, 0.4) is 0 Å². The Balaban J connectivity index is 2.16. The summed E-state index contributed by atoms with van der Waals surface area (Å²) in [6, 6.07) is 8.19. The second-order valence-electron chi connectivity index (χ2n) is 3.49. The maximum atomic E-state index is 11.7. The summed E-state index contributed by atoms with van der Waals surface area (Å²) in [5.74, 6) is 0. The van der Waals surface area contributed by atoms with Crippen molar-refractivity contribution >= 4 is 10.1 Å². The van der Waals surface area contributed by atoms with Crippen LogP contribution in [0.15, 0.2) is 46.9 Å². The van der Waals surface area contributed by atoms with Gasteiger partial charge in [0.15, 0.2) is 0 Å². The molecular weight excluding hydrogens is 212 g/mol. The summed E-state index contributed by atoms with van der Waals surface area (Å²) >= 11 is 0. The van der Waals surface area contributed by atoms with Gasteiger partial charge in [-0.05, 0) is 31.1 Å². The second kappa shape index (κ2) is 3.79. The van der Waals surface area contributed by atoms with E-state index >= 15 is 0 Å². The first kappa shape index (κ1) is 10.4. The van der Waals surface area contributed by atoms with Crippen LogP contribution >= 0.6 is 0 Å². The quantitative estimate of drug-likeness (QED) is 0.581. The van der Waals surface area contributed by atoms with Gasteiger partial charge < -0.3 is 0 Å². The fourth-order valence-electron chi connectivity index (χ4n) is 1.29. The van der Waals surface area contributed by atoms with Gasteiger partial charge in [-0.15, -0.1) is 0 Å². The monoisotopic (exact) mass is 224 g/mol. The highest BCUT2D eigenvalue weighted by atomic mass is 32.2. The van der Waals surface area contributed by atoms with E-state index in [2.05, 4.69) is 0 Å². The average molecular weight is 224 g/mol. The Morgan fingerprint density at radius 3 is 2.40 bits per heavy atom. The van der Waals surface area contributed by atoms with Crippen LogP contribution in [0.2, 0.25) is 0 Å². The fraction of sp³-hybridized carbons (Fsp3) is 0.273. The lowest BCUT2D eigenvalue weighted by atomic mass is 10.3. The molecule has 3 nitrogen and oxygen atoms in total. The van der Waals surface area contributed by atoms with Crippen LogP contribution in [0.1, 0.15) is 13.3 Å². The van der Waals surface area contributed by atoms with Crippen molar-refractivity contribution in [3.05, 3.63) is 42.0 Å². The summed E-state index contributed by atoms with van der Waals surface area (Å²) in [7, 11) is -3.61. The van der Waals surface area contributed by atoms with E-state index in [-0.39, 0.29) is 11.0 Å². The topological polar surface area (TPSA) is 43.4 Å². The maximum absolute atomic E-state index is 11.7. The van der Waals surface area contributed by atoms with Crippen LogP contribution in [-0.4, -0.2) is 14.5 Å². The first-order chi connectivity index (χ1) is 7.09. The van der Waals surface area contributed by atoms with Gasteiger partial charge in [0, 0.05) is 0 Å². The van der Waals surface area contributed by atoms with Gasteiger partial charge in [-0.3, -0.25) is 4.18 Å². The third-order valence-corrected chi connectivity index (χ3v) is 3.66. The van der Waals surface area contributed by atoms with E-state index in [9.17, 15) is 8.42 Å². The molecule has 0 heterocycles. The van der Waals surface area contributed by atoms with E-state index in [0.29, 0.717) is 0 Å². The number of hydrogen-bond donors (Lipinski definition) is 0. The molecule has 0 fully saturated rings. The molecule has 0 aliphatic heterocycles. The van der Waals surface area contributed by atoms with Crippen LogP contribution in [0, 0.1) is 0 Å². The fourth-order valence-corrected chi connectivity index (χ4v) is 2.39. The van der Waals surface area contributed by atoms with Crippen molar-refractivity contribution in [3.63, 3.8) is 0 Å². The predicted octanol–water partition coefficient (Wildman–Crippen LogP) is 2.11. The highest BCUT2D eigenvalue weighted by Gasteiger charge is 2.24. The lowest BCUT2D eigenvalue weighted by Gasteiger charge is -2.09. The maximum Gasteiger partial charge on any atom is 0.297 e. The van der Waals surface area contributed by atoms with Crippen LogP contribution in [-0.2, 0) is 14.3 Å². The first-order valence-electron chi connectivity index (χ1n) is 4.77. The average Bonchev–Trinajstić information content (AvgIpc) is 3.01. The Morgan fingerprint density at radius 1 is 1.27 bits per heavy atom. The zero-order chi connectivity index (χ0) is 10.9. The number of hydrogen-bond acceptors (Lipinski definition) is 3. The van der Waals surface area contributed by atoms with Gasteiger partial charge in [-0.1, -0.05) is 24.3 Å².